The molecular formula is C16H25ClIN3O3S. The molecule has 6 nitrogen and oxygen atoms in total. The molecule has 1 atom stereocenters. The van der Waals surface area contributed by atoms with Crippen LogP contribution in [0.15, 0.2) is 29.2 Å². The van der Waals surface area contributed by atoms with Crippen molar-refractivity contribution in [2.45, 2.75) is 17.9 Å². The van der Waals surface area contributed by atoms with Crippen molar-refractivity contribution < 1.29 is 13.2 Å². The Morgan fingerprint density at radius 1 is 1.24 bits per heavy atom. The number of nitrogens with one attached hydrogen (secondary N) is 1. The molecule has 0 aliphatic rings. The van der Waals surface area contributed by atoms with Crippen LogP contribution < -0.4 is 5.32 Å². The molecule has 0 saturated carbocycles. The molecule has 1 rings (SSSR count). The molecular weight excluding hydrogens is 477 g/mol. The second-order valence-corrected chi connectivity index (χ2v) is 9.43. The zero-order valence-corrected chi connectivity index (χ0v) is 18.4. The highest BCUT2D eigenvalue weighted by Crippen LogP contribution is 2.15. The van der Waals surface area contributed by atoms with Gasteiger partial charge in [0.2, 0.25) is 0 Å². The Bertz CT molecular complexity index is 653. The van der Waals surface area contributed by atoms with E-state index >= 15 is 0 Å². The second-order valence-electron chi connectivity index (χ2n) is 6.00. The number of nitrogens with zero attached hydrogens (tertiary/aromatic N) is 2. The molecule has 25 heavy (non-hydrogen) atoms. The molecule has 0 radical (unpaired) electrons. The zero-order valence-electron chi connectivity index (χ0n) is 14.7. The van der Waals surface area contributed by atoms with E-state index in [4.69, 9.17) is 11.6 Å². The van der Waals surface area contributed by atoms with Gasteiger partial charge >= 0.3 is 6.03 Å². The van der Waals surface area contributed by atoms with Gasteiger partial charge in [0.1, 0.15) is 0 Å². The van der Waals surface area contributed by atoms with Crippen molar-refractivity contribution in [2.24, 2.45) is 0 Å². The third-order valence-corrected chi connectivity index (χ3v) is 6.88. The molecule has 9 heteroatoms. The number of rotatable bonds is 9. The summed E-state index contributed by atoms with van der Waals surface area (Å²) >= 11 is 8.01. The minimum absolute atomic E-state index is 0.0657. The summed E-state index contributed by atoms with van der Waals surface area (Å²) in [6.07, 6.45) is 0. The summed E-state index contributed by atoms with van der Waals surface area (Å²) in [6.45, 7) is 3.38. The van der Waals surface area contributed by atoms with Gasteiger partial charge in [-0.15, -0.1) is 0 Å². The summed E-state index contributed by atoms with van der Waals surface area (Å²) in [4.78, 5) is 16.4. The fraction of sp³-hybridized carbons (Fsp3) is 0.562. The number of amides is 2. The van der Waals surface area contributed by atoms with E-state index < -0.39 is 9.84 Å². The summed E-state index contributed by atoms with van der Waals surface area (Å²) in [5.74, 6) is -0.152. The highest BCUT2D eigenvalue weighted by molar-refractivity contribution is 14.1. The average Bonchev–Trinajstić information content (AvgIpc) is 2.54. The van der Waals surface area contributed by atoms with E-state index in [1.54, 1.807) is 4.90 Å². The number of urea groups is 1. The maximum atomic E-state index is 12.4. The smallest absolute Gasteiger partial charge is 0.317 e. The first-order chi connectivity index (χ1) is 11.7. The minimum atomic E-state index is -3.45. The molecule has 0 aliphatic heterocycles. The second kappa shape index (κ2) is 10.5. The van der Waals surface area contributed by atoms with Crippen LogP contribution in [0.2, 0.25) is 5.02 Å². The lowest BCUT2D eigenvalue weighted by Gasteiger charge is -2.29. The zero-order chi connectivity index (χ0) is 19.0. The van der Waals surface area contributed by atoms with Gasteiger partial charge in [-0.1, -0.05) is 34.2 Å². The molecule has 0 aromatic heterocycles. The van der Waals surface area contributed by atoms with Crippen LogP contribution in [0.3, 0.4) is 0 Å². The van der Waals surface area contributed by atoms with Crippen LogP contribution in [-0.4, -0.2) is 74.2 Å². The summed E-state index contributed by atoms with van der Waals surface area (Å²) in [5.41, 5.74) is 0. The van der Waals surface area contributed by atoms with E-state index in [9.17, 15) is 13.2 Å². The Balaban J connectivity index is 2.62. The number of carbonyl (C=O) groups is 1. The van der Waals surface area contributed by atoms with E-state index in [1.165, 1.54) is 24.3 Å². The molecule has 1 unspecified atom stereocenters. The Labute approximate surface area is 169 Å². The number of halogens is 2. The van der Waals surface area contributed by atoms with Crippen molar-refractivity contribution >= 4 is 50.1 Å². The normalized spacial score (nSPS) is 12.9. The molecule has 1 aromatic carbocycles. The number of carbonyl (C=O) groups excluding carboxylic acids is 1. The van der Waals surface area contributed by atoms with E-state index in [0.717, 1.165) is 11.0 Å². The van der Waals surface area contributed by atoms with Crippen molar-refractivity contribution in [1.82, 2.24) is 15.1 Å². The Morgan fingerprint density at radius 3 is 2.36 bits per heavy atom. The van der Waals surface area contributed by atoms with Gasteiger partial charge in [0.25, 0.3) is 0 Å². The van der Waals surface area contributed by atoms with E-state index in [2.05, 4.69) is 27.9 Å². The number of hydrogen-bond acceptors (Lipinski definition) is 4. The first kappa shape index (κ1) is 22.5. The van der Waals surface area contributed by atoms with E-state index in [0.29, 0.717) is 11.6 Å². The van der Waals surface area contributed by atoms with Crippen molar-refractivity contribution in [2.75, 3.05) is 43.9 Å². The molecule has 1 aromatic rings. The van der Waals surface area contributed by atoms with Crippen LogP contribution in [0.4, 0.5) is 4.79 Å². The standard InChI is InChI=1S/C16H25ClIN3O3S/c1-13(12-18)21(10-9-20(2)3)16(22)19-8-11-25(23,24)15-6-4-14(17)5-7-15/h4-7,13H,8-12H2,1-3H3,(H,19,22). The summed E-state index contributed by atoms with van der Waals surface area (Å²) in [7, 11) is 0.444. The highest BCUT2D eigenvalue weighted by atomic mass is 127. The Morgan fingerprint density at radius 2 is 1.84 bits per heavy atom. The van der Waals surface area contributed by atoms with E-state index in [1.807, 2.05) is 25.9 Å². The van der Waals surface area contributed by atoms with Crippen LogP contribution in [-0.2, 0) is 9.84 Å². The predicted molar refractivity (Wildman–Crippen MR) is 111 cm³/mol. The van der Waals surface area contributed by atoms with Gasteiger partial charge in [0.05, 0.1) is 10.6 Å². The van der Waals surface area contributed by atoms with Gasteiger partial charge in [-0.3, -0.25) is 0 Å². The van der Waals surface area contributed by atoms with Gasteiger partial charge < -0.3 is 15.1 Å². The molecule has 142 valence electrons. The monoisotopic (exact) mass is 501 g/mol. The average molecular weight is 502 g/mol. The third kappa shape index (κ3) is 7.67. The molecule has 2 amide bonds. The Kier molecular flexibility index (Phi) is 9.47. The van der Waals surface area contributed by atoms with Gasteiger partial charge in [-0.2, -0.15) is 0 Å². The molecule has 0 saturated heterocycles. The topological polar surface area (TPSA) is 69.7 Å². The first-order valence-corrected chi connectivity index (χ1v) is 11.5. The quantitative estimate of drug-likeness (QED) is 0.417. The van der Waals surface area contributed by atoms with Crippen molar-refractivity contribution in [3.05, 3.63) is 29.3 Å². The lowest BCUT2D eigenvalue weighted by Crippen LogP contribution is -2.49. The van der Waals surface area contributed by atoms with Crippen LogP contribution in [0, 0.1) is 0 Å². The van der Waals surface area contributed by atoms with Crippen LogP contribution in [0.5, 0.6) is 0 Å². The number of alkyl halides is 1. The predicted octanol–water partition coefficient (Wildman–Crippen LogP) is 2.51. The Hall–Kier alpha value is -0.580. The number of benzene rings is 1. The van der Waals surface area contributed by atoms with Gasteiger partial charge in [0.15, 0.2) is 9.84 Å². The first-order valence-electron chi connectivity index (χ1n) is 7.91. The molecule has 0 bridgehead atoms. The lowest BCUT2D eigenvalue weighted by atomic mass is 10.3. The van der Waals surface area contributed by atoms with Crippen LogP contribution in [0.1, 0.15) is 6.92 Å². The lowest BCUT2D eigenvalue weighted by molar-refractivity contribution is 0.178. The van der Waals surface area contributed by atoms with Crippen molar-refractivity contribution in [3.63, 3.8) is 0 Å². The largest absolute Gasteiger partial charge is 0.337 e. The fourth-order valence-electron chi connectivity index (χ4n) is 2.07. The molecule has 0 heterocycles. The van der Waals surface area contributed by atoms with E-state index in [-0.39, 0.29) is 29.3 Å². The van der Waals surface area contributed by atoms with Crippen molar-refractivity contribution in [3.8, 4) is 0 Å². The van der Waals surface area contributed by atoms with Gasteiger partial charge in [-0.25, -0.2) is 13.2 Å². The van der Waals surface area contributed by atoms with Crippen molar-refractivity contribution in [1.29, 1.82) is 0 Å². The summed E-state index contributed by atoms with van der Waals surface area (Å²) < 4.78 is 25.4. The maximum absolute atomic E-state index is 12.4. The molecule has 0 aliphatic carbocycles. The maximum Gasteiger partial charge on any atom is 0.317 e. The molecule has 0 spiro atoms. The number of hydrogen-bond donors (Lipinski definition) is 1. The highest BCUT2D eigenvalue weighted by Gasteiger charge is 2.20. The number of likely N-dealkylation sites (N-methyl/N-ethyl adjacent to an activating group) is 1. The fourth-order valence-corrected chi connectivity index (χ4v) is 3.83. The third-order valence-electron chi connectivity index (χ3n) is 3.62. The van der Waals surface area contributed by atoms with Crippen LogP contribution >= 0.6 is 34.2 Å². The van der Waals surface area contributed by atoms with Gasteiger partial charge in [0, 0.05) is 35.1 Å². The van der Waals surface area contributed by atoms with Gasteiger partial charge in [-0.05, 0) is 45.3 Å². The molecule has 0 fully saturated rings. The molecule has 1 N–H and O–H groups in total. The summed E-state index contributed by atoms with van der Waals surface area (Å²) in [5, 5.41) is 3.20. The SMILES string of the molecule is CC(CI)N(CCN(C)C)C(=O)NCCS(=O)(=O)c1ccc(Cl)cc1. The summed E-state index contributed by atoms with van der Waals surface area (Å²) in [6, 6.07) is 5.86. The minimum Gasteiger partial charge on any atom is -0.337 e. The van der Waals surface area contributed by atoms with Crippen LogP contribution in [0.25, 0.3) is 0 Å². The number of sulfone groups is 1.